The molecule has 0 aliphatic carbocycles. The number of hydrogen-bond donors (Lipinski definition) is 4. The van der Waals surface area contributed by atoms with Crippen molar-refractivity contribution in [2.24, 2.45) is 5.73 Å². The Morgan fingerprint density at radius 3 is 2.30 bits per heavy atom. The van der Waals surface area contributed by atoms with Crippen molar-refractivity contribution in [3.8, 4) is 0 Å². The van der Waals surface area contributed by atoms with Crippen molar-refractivity contribution < 1.29 is 19.5 Å². The average Bonchev–Trinajstić information content (AvgIpc) is 3.06. The monoisotopic (exact) mass is 408 g/mol. The van der Waals surface area contributed by atoms with Gasteiger partial charge in [-0.3, -0.25) is 10.2 Å². The molecule has 10 heteroatoms. The third-order valence-corrected chi connectivity index (χ3v) is 4.14. The molecule has 30 heavy (non-hydrogen) atoms. The minimum absolute atomic E-state index is 0.0352. The molecule has 5 N–H and O–H groups in total. The molecular weight excluding hydrogens is 388 g/mol. The summed E-state index contributed by atoms with van der Waals surface area (Å²) in [6.45, 7) is -0.167. The highest BCUT2D eigenvalue weighted by Gasteiger charge is 2.25. The Balaban J connectivity index is 2.07. The molecule has 0 fully saturated rings. The number of benzene rings is 2. The maximum atomic E-state index is 12.3. The van der Waals surface area contributed by atoms with Crippen LogP contribution in [0, 0.1) is 0 Å². The highest BCUT2D eigenvalue weighted by atomic mass is 16.4. The Morgan fingerprint density at radius 1 is 1.10 bits per heavy atom. The zero-order valence-corrected chi connectivity index (χ0v) is 15.9. The van der Waals surface area contributed by atoms with E-state index in [1.54, 1.807) is 12.1 Å². The standard InChI is InChI=1S/C20H20N6O4/c21-17(28)16-18(23-25(11-12-27)20(29)30)24-26(13-14-7-3-1-4-8-14)19(16)22-15-9-5-2-6-10-15/h1-10,12,22H,11,13H2,(H2,21,28)(H,23,24)(H,29,30). The number of nitrogens with one attached hydrogen (secondary N) is 2. The summed E-state index contributed by atoms with van der Waals surface area (Å²) in [6, 6.07) is 18.5. The number of nitrogens with zero attached hydrogens (tertiary/aromatic N) is 3. The van der Waals surface area contributed by atoms with Crippen LogP contribution in [0.25, 0.3) is 0 Å². The van der Waals surface area contributed by atoms with E-state index in [-0.39, 0.29) is 17.2 Å². The smallest absolute Gasteiger partial charge is 0.426 e. The van der Waals surface area contributed by atoms with Crippen LogP contribution in [-0.4, -0.2) is 44.7 Å². The summed E-state index contributed by atoms with van der Waals surface area (Å²) < 4.78 is 1.51. The summed E-state index contributed by atoms with van der Waals surface area (Å²) in [5.41, 5.74) is 9.64. The lowest BCUT2D eigenvalue weighted by Gasteiger charge is -2.17. The van der Waals surface area contributed by atoms with Gasteiger partial charge in [-0.1, -0.05) is 48.5 Å². The Hall–Kier alpha value is -4.34. The molecule has 1 aromatic heterocycles. The van der Waals surface area contributed by atoms with Gasteiger partial charge in [0.15, 0.2) is 5.82 Å². The van der Waals surface area contributed by atoms with Crippen molar-refractivity contribution >= 4 is 35.6 Å². The van der Waals surface area contributed by atoms with E-state index in [0.29, 0.717) is 23.5 Å². The molecule has 0 aliphatic heterocycles. The number of carbonyl (C=O) groups excluding carboxylic acids is 2. The van der Waals surface area contributed by atoms with Crippen molar-refractivity contribution in [3.63, 3.8) is 0 Å². The lowest BCUT2D eigenvalue weighted by molar-refractivity contribution is -0.108. The number of aromatic nitrogens is 2. The highest BCUT2D eigenvalue weighted by molar-refractivity contribution is 6.03. The SMILES string of the molecule is NC(=O)c1c(NN(CC=O)C(=O)O)nn(Cc2ccccc2)c1Nc1ccccc1. The third-order valence-electron chi connectivity index (χ3n) is 4.14. The summed E-state index contributed by atoms with van der Waals surface area (Å²) in [7, 11) is 0. The van der Waals surface area contributed by atoms with Gasteiger partial charge in [-0.2, -0.15) is 5.10 Å². The second kappa shape index (κ2) is 9.24. The van der Waals surface area contributed by atoms with Crippen molar-refractivity contribution in [1.82, 2.24) is 14.8 Å². The highest BCUT2D eigenvalue weighted by Crippen LogP contribution is 2.28. The first-order valence-corrected chi connectivity index (χ1v) is 8.97. The number of carbonyl (C=O) groups is 3. The second-order valence-electron chi connectivity index (χ2n) is 6.24. The molecular formula is C20H20N6O4. The molecule has 154 valence electrons. The van der Waals surface area contributed by atoms with Crippen LogP contribution in [0.2, 0.25) is 0 Å². The molecule has 0 bridgehead atoms. The number of amides is 2. The Morgan fingerprint density at radius 2 is 1.73 bits per heavy atom. The van der Waals surface area contributed by atoms with Gasteiger partial charge >= 0.3 is 6.09 Å². The summed E-state index contributed by atoms with van der Waals surface area (Å²) in [5.74, 6) is -0.607. The Kier molecular flexibility index (Phi) is 6.28. The van der Waals surface area contributed by atoms with E-state index in [0.717, 1.165) is 5.56 Å². The fraction of sp³-hybridized carbons (Fsp3) is 0.100. The fourth-order valence-corrected chi connectivity index (χ4v) is 2.80. The van der Waals surface area contributed by atoms with Crippen molar-refractivity contribution in [1.29, 1.82) is 0 Å². The van der Waals surface area contributed by atoms with E-state index >= 15 is 0 Å². The first-order chi connectivity index (χ1) is 14.5. The maximum Gasteiger partial charge on any atom is 0.426 e. The van der Waals surface area contributed by atoms with E-state index in [1.165, 1.54) is 4.68 Å². The molecule has 0 radical (unpaired) electrons. The molecule has 0 spiro atoms. The number of para-hydroxylation sites is 1. The molecule has 0 saturated heterocycles. The van der Waals surface area contributed by atoms with Crippen LogP contribution in [0.15, 0.2) is 60.7 Å². The summed E-state index contributed by atoms with van der Waals surface area (Å²) in [6.07, 6.45) is -0.998. The molecule has 0 aliphatic rings. The number of rotatable bonds is 9. The van der Waals surface area contributed by atoms with Crippen LogP contribution in [-0.2, 0) is 11.3 Å². The molecule has 2 amide bonds. The van der Waals surface area contributed by atoms with Crippen LogP contribution in [0.1, 0.15) is 15.9 Å². The average molecular weight is 408 g/mol. The van der Waals surface area contributed by atoms with Gasteiger partial charge < -0.3 is 21.0 Å². The molecule has 0 atom stereocenters. The van der Waals surface area contributed by atoms with Crippen LogP contribution >= 0.6 is 0 Å². The van der Waals surface area contributed by atoms with Gasteiger partial charge in [0.1, 0.15) is 24.2 Å². The molecule has 2 aromatic carbocycles. The van der Waals surface area contributed by atoms with Crippen LogP contribution in [0.3, 0.4) is 0 Å². The zero-order valence-electron chi connectivity index (χ0n) is 15.9. The summed E-state index contributed by atoms with van der Waals surface area (Å²) in [5, 5.41) is 17.4. The molecule has 0 saturated carbocycles. The maximum absolute atomic E-state index is 12.3. The predicted molar refractivity (Wildman–Crippen MR) is 110 cm³/mol. The lowest BCUT2D eigenvalue weighted by atomic mass is 10.2. The van der Waals surface area contributed by atoms with Crippen LogP contribution in [0.5, 0.6) is 0 Å². The van der Waals surface area contributed by atoms with Gasteiger partial charge in [0.2, 0.25) is 0 Å². The van der Waals surface area contributed by atoms with E-state index in [2.05, 4.69) is 15.8 Å². The number of aldehydes is 1. The van der Waals surface area contributed by atoms with Crippen LogP contribution < -0.4 is 16.5 Å². The minimum Gasteiger partial charge on any atom is -0.464 e. The fourth-order valence-electron chi connectivity index (χ4n) is 2.80. The van der Waals surface area contributed by atoms with E-state index in [9.17, 15) is 19.5 Å². The van der Waals surface area contributed by atoms with Crippen molar-refractivity contribution in [3.05, 3.63) is 71.8 Å². The van der Waals surface area contributed by atoms with Gasteiger partial charge in [0, 0.05) is 5.69 Å². The van der Waals surface area contributed by atoms with Gasteiger partial charge in [0.05, 0.1) is 6.54 Å². The normalized spacial score (nSPS) is 10.3. The summed E-state index contributed by atoms with van der Waals surface area (Å²) >= 11 is 0. The quantitative estimate of drug-likeness (QED) is 0.314. The lowest BCUT2D eigenvalue weighted by Crippen LogP contribution is -2.37. The Bertz CT molecular complexity index is 1040. The van der Waals surface area contributed by atoms with E-state index < -0.39 is 18.5 Å². The zero-order chi connectivity index (χ0) is 21.5. The van der Waals surface area contributed by atoms with Gasteiger partial charge in [0.25, 0.3) is 5.91 Å². The predicted octanol–water partition coefficient (Wildman–Crippen LogP) is 2.28. The van der Waals surface area contributed by atoms with Crippen molar-refractivity contribution in [2.75, 3.05) is 17.3 Å². The largest absolute Gasteiger partial charge is 0.464 e. The van der Waals surface area contributed by atoms with Gasteiger partial charge in [-0.25, -0.2) is 14.5 Å². The third kappa shape index (κ3) is 4.73. The Labute approximate surface area is 171 Å². The van der Waals surface area contributed by atoms with Crippen molar-refractivity contribution in [2.45, 2.75) is 6.54 Å². The van der Waals surface area contributed by atoms with Gasteiger partial charge in [-0.15, -0.1) is 0 Å². The first kappa shape index (κ1) is 20.4. The summed E-state index contributed by atoms with van der Waals surface area (Å²) in [4.78, 5) is 34.5. The first-order valence-electron chi connectivity index (χ1n) is 8.97. The van der Waals surface area contributed by atoms with Crippen LogP contribution in [0.4, 0.5) is 22.1 Å². The number of nitrogens with two attached hydrogens (primary N) is 1. The van der Waals surface area contributed by atoms with E-state index in [4.69, 9.17) is 5.73 Å². The molecule has 10 nitrogen and oxygen atoms in total. The second-order valence-corrected chi connectivity index (χ2v) is 6.24. The molecule has 3 aromatic rings. The number of hydrazine groups is 1. The number of anilines is 3. The number of carboxylic acid groups (broad SMARTS) is 1. The molecule has 0 unspecified atom stereocenters. The topological polar surface area (TPSA) is 143 Å². The number of hydrogen-bond acceptors (Lipinski definition) is 6. The molecule has 1 heterocycles. The van der Waals surface area contributed by atoms with Gasteiger partial charge in [-0.05, 0) is 17.7 Å². The van der Waals surface area contributed by atoms with E-state index in [1.807, 2.05) is 48.5 Å². The molecule has 3 rings (SSSR count). The minimum atomic E-state index is -1.41. The number of primary amides is 1.